The van der Waals surface area contributed by atoms with Gasteiger partial charge in [-0.3, -0.25) is 4.79 Å². The predicted octanol–water partition coefficient (Wildman–Crippen LogP) is -1.35. The zero-order valence-corrected chi connectivity index (χ0v) is 8.41. The van der Waals surface area contributed by atoms with E-state index in [-0.39, 0.29) is 6.42 Å². The van der Waals surface area contributed by atoms with E-state index < -0.39 is 37.4 Å². The van der Waals surface area contributed by atoms with Gasteiger partial charge in [-0.15, -0.1) is 0 Å². The van der Waals surface area contributed by atoms with Crippen LogP contribution in [0, 0.1) is 0 Å². The largest absolute Gasteiger partial charge is 0.394 e. The maximum atomic E-state index is 13.3. The summed E-state index contributed by atoms with van der Waals surface area (Å²) in [6.07, 6.45) is -1.44. The Morgan fingerprint density at radius 2 is 2.44 bits per heavy atom. The van der Waals surface area contributed by atoms with Crippen molar-refractivity contribution in [3.8, 4) is 0 Å². The topological polar surface area (TPSA) is 82.0 Å². The Labute approximate surface area is 91.3 Å². The molecular weight excluding hydrogens is 219 g/mol. The zero-order valence-electron chi connectivity index (χ0n) is 8.41. The molecule has 0 aromatic heterocycles. The van der Waals surface area contributed by atoms with Crippen molar-refractivity contribution in [2.24, 2.45) is 0 Å². The molecule has 2 aliphatic heterocycles. The fourth-order valence-electron chi connectivity index (χ4n) is 1.78. The predicted molar refractivity (Wildman–Crippen MR) is 50.4 cm³/mol. The number of ether oxygens (including phenoxy) is 1. The van der Waals surface area contributed by atoms with Gasteiger partial charge in [0.05, 0.1) is 6.61 Å². The summed E-state index contributed by atoms with van der Waals surface area (Å²) in [5, 5.41) is 20.6. The standard InChI is InChI=1S/C9H13FN2O4/c10-5-3-8(16-6(5)4-13)12-2-1-7(14)11-9(12)15/h1-2,5-6,8-9,13,15H,3-4H2,(H,11,14)/t5-,6+,8+,9?/m0/s1. The van der Waals surface area contributed by atoms with Gasteiger partial charge in [0.1, 0.15) is 18.5 Å². The summed E-state index contributed by atoms with van der Waals surface area (Å²) < 4.78 is 18.5. The lowest BCUT2D eigenvalue weighted by Crippen LogP contribution is -2.52. The molecule has 1 amide bonds. The highest BCUT2D eigenvalue weighted by molar-refractivity contribution is 5.88. The van der Waals surface area contributed by atoms with Gasteiger partial charge in [0.25, 0.3) is 0 Å². The molecule has 0 aromatic rings. The van der Waals surface area contributed by atoms with E-state index in [9.17, 15) is 14.3 Å². The lowest BCUT2D eigenvalue weighted by atomic mass is 10.2. The van der Waals surface area contributed by atoms with Crippen molar-refractivity contribution in [3.63, 3.8) is 0 Å². The minimum absolute atomic E-state index is 0.0441. The Morgan fingerprint density at radius 1 is 1.69 bits per heavy atom. The minimum atomic E-state index is -1.27. The highest BCUT2D eigenvalue weighted by Gasteiger charge is 2.39. The number of carbonyl (C=O) groups is 1. The highest BCUT2D eigenvalue weighted by atomic mass is 19.1. The van der Waals surface area contributed by atoms with Gasteiger partial charge in [-0.05, 0) is 0 Å². The van der Waals surface area contributed by atoms with Crippen LogP contribution in [0.2, 0.25) is 0 Å². The van der Waals surface area contributed by atoms with Crippen molar-refractivity contribution >= 4 is 5.91 Å². The van der Waals surface area contributed by atoms with Crippen molar-refractivity contribution in [2.45, 2.75) is 31.3 Å². The molecule has 4 atom stereocenters. The molecular formula is C9H13FN2O4. The molecule has 16 heavy (non-hydrogen) atoms. The normalized spacial score (nSPS) is 38.9. The Bertz CT molecular complexity index is 312. The number of hydrogen-bond donors (Lipinski definition) is 3. The number of alkyl halides is 1. The second-order valence-corrected chi connectivity index (χ2v) is 3.71. The first-order valence-electron chi connectivity index (χ1n) is 4.96. The molecule has 2 rings (SSSR count). The lowest BCUT2D eigenvalue weighted by Gasteiger charge is -2.33. The van der Waals surface area contributed by atoms with Crippen molar-refractivity contribution in [3.05, 3.63) is 12.3 Å². The van der Waals surface area contributed by atoms with Crippen LogP contribution in [0.3, 0.4) is 0 Å². The van der Waals surface area contributed by atoms with Crippen molar-refractivity contribution in [2.75, 3.05) is 6.61 Å². The van der Waals surface area contributed by atoms with Crippen molar-refractivity contribution in [1.82, 2.24) is 10.2 Å². The third-order valence-electron chi connectivity index (χ3n) is 2.63. The average Bonchev–Trinajstić information content (AvgIpc) is 2.59. The van der Waals surface area contributed by atoms with Crippen LogP contribution in [0.5, 0.6) is 0 Å². The molecule has 0 bridgehead atoms. The van der Waals surface area contributed by atoms with E-state index in [1.54, 1.807) is 0 Å². The van der Waals surface area contributed by atoms with Gasteiger partial charge in [-0.1, -0.05) is 0 Å². The van der Waals surface area contributed by atoms with E-state index in [1.807, 2.05) is 0 Å². The van der Waals surface area contributed by atoms with Crippen LogP contribution in [0.4, 0.5) is 4.39 Å². The maximum Gasteiger partial charge on any atom is 0.248 e. The minimum Gasteiger partial charge on any atom is -0.394 e. The Kier molecular flexibility index (Phi) is 3.08. The number of carbonyl (C=O) groups excluding carboxylic acids is 1. The molecule has 90 valence electrons. The van der Waals surface area contributed by atoms with Crippen LogP contribution in [0.15, 0.2) is 12.3 Å². The van der Waals surface area contributed by atoms with Gasteiger partial charge < -0.3 is 25.2 Å². The molecule has 0 aromatic carbocycles. The van der Waals surface area contributed by atoms with Gasteiger partial charge in [-0.25, -0.2) is 4.39 Å². The van der Waals surface area contributed by atoms with Crippen LogP contribution in [-0.4, -0.2) is 52.5 Å². The van der Waals surface area contributed by atoms with E-state index in [0.29, 0.717) is 0 Å². The van der Waals surface area contributed by atoms with Crippen LogP contribution in [-0.2, 0) is 9.53 Å². The summed E-state index contributed by atoms with van der Waals surface area (Å²) in [6.45, 7) is -0.405. The van der Waals surface area contributed by atoms with Crippen molar-refractivity contribution < 1.29 is 24.1 Å². The number of halogens is 1. The highest BCUT2D eigenvalue weighted by Crippen LogP contribution is 2.27. The van der Waals surface area contributed by atoms with E-state index in [0.717, 1.165) is 0 Å². The van der Waals surface area contributed by atoms with Gasteiger partial charge in [0, 0.05) is 18.7 Å². The second-order valence-electron chi connectivity index (χ2n) is 3.71. The summed E-state index contributed by atoms with van der Waals surface area (Å²) in [5.41, 5.74) is 0. The first-order valence-corrected chi connectivity index (χ1v) is 4.96. The molecule has 1 fully saturated rings. The molecule has 0 aliphatic carbocycles. The van der Waals surface area contributed by atoms with Gasteiger partial charge in [-0.2, -0.15) is 0 Å². The molecule has 6 nitrogen and oxygen atoms in total. The number of hydrogen-bond acceptors (Lipinski definition) is 5. The summed E-state index contributed by atoms with van der Waals surface area (Å²) in [7, 11) is 0. The number of aliphatic hydroxyl groups excluding tert-OH is 2. The number of nitrogens with one attached hydrogen (secondary N) is 1. The third-order valence-corrected chi connectivity index (χ3v) is 2.63. The Morgan fingerprint density at radius 3 is 3.00 bits per heavy atom. The first-order chi connectivity index (χ1) is 7.61. The monoisotopic (exact) mass is 232 g/mol. The summed E-state index contributed by atoms with van der Waals surface area (Å²) in [6, 6.07) is 0. The summed E-state index contributed by atoms with van der Waals surface area (Å²) >= 11 is 0. The molecule has 1 saturated heterocycles. The SMILES string of the molecule is O=C1C=CN([C@H]2C[C@H](F)[C@@H](CO)O2)C(O)N1. The number of aliphatic hydroxyl groups is 2. The molecule has 0 radical (unpaired) electrons. The third kappa shape index (κ3) is 2.01. The molecule has 0 saturated carbocycles. The molecule has 2 heterocycles. The Balaban J connectivity index is 2.04. The lowest BCUT2D eigenvalue weighted by molar-refractivity contribution is -0.141. The Hall–Kier alpha value is -1.18. The molecule has 1 unspecified atom stereocenters. The van der Waals surface area contributed by atoms with Gasteiger partial charge >= 0.3 is 0 Å². The summed E-state index contributed by atoms with van der Waals surface area (Å²) in [5.74, 6) is -0.419. The second kappa shape index (κ2) is 4.36. The van der Waals surface area contributed by atoms with E-state index in [4.69, 9.17) is 9.84 Å². The molecule has 3 N–H and O–H groups in total. The van der Waals surface area contributed by atoms with E-state index in [1.165, 1.54) is 17.2 Å². The van der Waals surface area contributed by atoms with Crippen LogP contribution in [0.25, 0.3) is 0 Å². The van der Waals surface area contributed by atoms with Crippen LogP contribution >= 0.6 is 0 Å². The van der Waals surface area contributed by atoms with E-state index >= 15 is 0 Å². The van der Waals surface area contributed by atoms with Gasteiger partial charge in [0.15, 0.2) is 0 Å². The van der Waals surface area contributed by atoms with Crippen LogP contribution in [0.1, 0.15) is 6.42 Å². The molecule has 0 spiro atoms. The fourth-order valence-corrected chi connectivity index (χ4v) is 1.78. The number of rotatable bonds is 2. The maximum absolute atomic E-state index is 13.3. The number of nitrogens with zero attached hydrogens (tertiary/aromatic N) is 1. The zero-order chi connectivity index (χ0) is 11.7. The summed E-state index contributed by atoms with van der Waals surface area (Å²) in [4.78, 5) is 12.2. The van der Waals surface area contributed by atoms with Crippen molar-refractivity contribution in [1.29, 1.82) is 0 Å². The smallest absolute Gasteiger partial charge is 0.248 e. The quantitative estimate of drug-likeness (QED) is 0.548. The molecule has 7 heteroatoms. The van der Waals surface area contributed by atoms with E-state index in [2.05, 4.69) is 5.32 Å². The fraction of sp³-hybridized carbons (Fsp3) is 0.667. The molecule has 2 aliphatic rings. The van der Waals surface area contributed by atoms with Crippen LogP contribution < -0.4 is 5.32 Å². The average molecular weight is 232 g/mol. The first kappa shape index (κ1) is 11.3. The number of amides is 1. The van der Waals surface area contributed by atoms with Gasteiger partial charge in [0.2, 0.25) is 12.3 Å².